The first-order valence-corrected chi connectivity index (χ1v) is 8.06. The predicted molar refractivity (Wildman–Crippen MR) is 73.7 cm³/mol. The van der Waals surface area contributed by atoms with E-state index in [1.807, 2.05) is 24.0 Å². The molecule has 0 fully saturated rings. The van der Waals surface area contributed by atoms with Crippen LogP contribution in [0.1, 0.15) is 18.9 Å². The number of nitrogens with two attached hydrogens (primary N) is 1. The Bertz CT molecular complexity index is 654. The summed E-state index contributed by atoms with van der Waals surface area (Å²) in [6.45, 7) is 3.28. The van der Waals surface area contributed by atoms with Crippen molar-refractivity contribution in [2.45, 2.75) is 23.8 Å². The molecule has 1 spiro atoms. The first-order valence-electron chi connectivity index (χ1n) is 6.41. The Morgan fingerprint density at radius 1 is 1.42 bits per heavy atom. The van der Waals surface area contributed by atoms with E-state index in [-0.39, 0.29) is 11.3 Å². The third-order valence-electron chi connectivity index (χ3n) is 4.12. The maximum Gasteiger partial charge on any atom is 0.192 e. The number of fused-ring (bicyclic) bond motifs is 2. The number of benzene rings is 1. The summed E-state index contributed by atoms with van der Waals surface area (Å²) < 4.78 is 24.4. The van der Waals surface area contributed by atoms with Crippen LogP contribution < -0.4 is 5.73 Å². The molecule has 1 aromatic carbocycles. The highest BCUT2D eigenvalue weighted by Gasteiger charge is 2.48. The summed E-state index contributed by atoms with van der Waals surface area (Å²) in [7, 11) is -3.17. The Balaban J connectivity index is 2.22. The van der Waals surface area contributed by atoms with Crippen LogP contribution in [0.5, 0.6) is 0 Å². The van der Waals surface area contributed by atoms with Crippen LogP contribution in [0.15, 0.2) is 34.2 Å². The number of hydrogen-bond donors (Lipinski definition) is 1. The van der Waals surface area contributed by atoms with Crippen molar-refractivity contribution < 1.29 is 8.42 Å². The molecule has 2 aliphatic heterocycles. The summed E-state index contributed by atoms with van der Waals surface area (Å²) in [6.07, 6.45) is 0.546. The summed E-state index contributed by atoms with van der Waals surface area (Å²) in [4.78, 5) is 6.80. The van der Waals surface area contributed by atoms with Crippen molar-refractivity contribution in [1.82, 2.24) is 4.90 Å². The maximum absolute atomic E-state index is 12.2. The third-order valence-corrected chi connectivity index (χ3v) is 5.89. The molecule has 19 heavy (non-hydrogen) atoms. The topological polar surface area (TPSA) is 75.8 Å². The fraction of sp³-hybridized carbons (Fsp3) is 0.462. The minimum absolute atomic E-state index is 0.156. The average Bonchev–Trinajstić information content (AvgIpc) is 2.73. The molecule has 3 rings (SSSR count). The molecule has 102 valence electrons. The lowest BCUT2D eigenvalue weighted by Crippen LogP contribution is -2.52. The zero-order valence-electron chi connectivity index (χ0n) is 10.8. The van der Waals surface area contributed by atoms with Gasteiger partial charge in [0.1, 0.15) is 0 Å². The van der Waals surface area contributed by atoms with E-state index in [0.717, 1.165) is 12.1 Å². The summed E-state index contributed by atoms with van der Waals surface area (Å²) in [6, 6.07) is 7.23. The van der Waals surface area contributed by atoms with Gasteiger partial charge in [0, 0.05) is 6.54 Å². The van der Waals surface area contributed by atoms with Crippen molar-refractivity contribution in [3.63, 3.8) is 0 Å². The lowest BCUT2D eigenvalue weighted by atomic mass is 9.85. The van der Waals surface area contributed by atoms with Crippen LogP contribution in [-0.4, -0.2) is 38.1 Å². The van der Waals surface area contributed by atoms with Gasteiger partial charge in [-0.3, -0.25) is 4.99 Å². The second-order valence-corrected chi connectivity index (χ2v) is 7.09. The van der Waals surface area contributed by atoms with E-state index in [0.29, 0.717) is 23.8 Å². The van der Waals surface area contributed by atoms with E-state index in [2.05, 4.69) is 4.99 Å². The van der Waals surface area contributed by atoms with Crippen LogP contribution >= 0.6 is 0 Å². The molecule has 0 bridgehead atoms. The van der Waals surface area contributed by atoms with Crippen molar-refractivity contribution in [2.75, 3.05) is 18.8 Å². The van der Waals surface area contributed by atoms with Crippen LogP contribution in [0.25, 0.3) is 0 Å². The molecule has 2 aliphatic rings. The molecule has 0 amide bonds. The van der Waals surface area contributed by atoms with Crippen molar-refractivity contribution >= 4 is 15.8 Å². The Morgan fingerprint density at radius 3 is 2.89 bits per heavy atom. The molecule has 1 atom stereocenters. The average molecular weight is 279 g/mol. The highest BCUT2D eigenvalue weighted by molar-refractivity contribution is 7.91. The molecule has 0 aromatic heterocycles. The van der Waals surface area contributed by atoms with Gasteiger partial charge in [-0.15, -0.1) is 0 Å². The third kappa shape index (κ3) is 1.59. The quantitative estimate of drug-likeness (QED) is 0.821. The number of guanidine groups is 1. The van der Waals surface area contributed by atoms with Crippen LogP contribution in [0.3, 0.4) is 0 Å². The molecule has 2 N–H and O–H groups in total. The lowest BCUT2D eigenvalue weighted by Gasteiger charge is -2.42. The first kappa shape index (κ1) is 12.5. The van der Waals surface area contributed by atoms with E-state index in [9.17, 15) is 8.42 Å². The summed E-state index contributed by atoms with van der Waals surface area (Å²) in [5.41, 5.74) is 6.41. The van der Waals surface area contributed by atoms with E-state index >= 15 is 0 Å². The van der Waals surface area contributed by atoms with Gasteiger partial charge in [0.15, 0.2) is 15.8 Å². The second-order valence-electron chi connectivity index (χ2n) is 5.02. The maximum atomic E-state index is 12.2. The van der Waals surface area contributed by atoms with Gasteiger partial charge < -0.3 is 10.6 Å². The second kappa shape index (κ2) is 3.96. The van der Waals surface area contributed by atoms with E-state index in [4.69, 9.17) is 5.73 Å². The monoisotopic (exact) mass is 279 g/mol. The number of sulfone groups is 1. The van der Waals surface area contributed by atoms with Crippen LogP contribution in [0.2, 0.25) is 0 Å². The van der Waals surface area contributed by atoms with E-state index < -0.39 is 9.84 Å². The first-order chi connectivity index (χ1) is 9.01. The highest BCUT2D eigenvalue weighted by atomic mass is 32.2. The van der Waals surface area contributed by atoms with Crippen molar-refractivity contribution in [2.24, 2.45) is 10.7 Å². The zero-order chi connectivity index (χ0) is 13.7. The van der Waals surface area contributed by atoms with Crippen LogP contribution in [0.4, 0.5) is 0 Å². The highest BCUT2D eigenvalue weighted by Crippen LogP contribution is 2.43. The van der Waals surface area contributed by atoms with Gasteiger partial charge in [0.05, 0.1) is 22.7 Å². The predicted octanol–water partition coefficient (Wildman–Crippen LogP) is 0.710. The molecule has 5 nitrogen and oxygen atoms in total. The molecule has 0 saturated carbocycles. The molecule has 2 heterocycles. The van der Waals surface area contributed by atoms with Gasteiger partial charge >= 0.3 is 0 Å². The zero-order valence-corrected chi connectivity index (χ0v) is 11.7. The number of rotatable bonds is 1. The summed E-state index contributed by atoms with van der Waals surface area (Å²) >= 11 is 0. The Morgan fingerprint density at radius 2 is 2.16 bits per heavy atom. The molecule has 0 saturated heterocycles. The van der Waals surface area contributed by atoms with Crippen LogP contribution in [0, 0.1) is 0 Å². The van der Waals surface area contributed by atoms with Gasteiger partial charge in [-0.2, -0.15) is 0 Å². The van der Waals surface area contributed by atoms with Crippen molar-refractivity contribution in [3.8, 4) is 0 Å². The smallest absolute Gasteiger partial charge is 0.192 e. The largest absolute Gasteiger partial charge is 0.370 e. The van der Waals surface area contributed by atoms with E-state index in [1.165, 1.54) is 0 Å². The Labute approximate surface area is 113 Å². The molecule has 1 aromatic rings. The molecular formula is C13H17N3O2S. The number of nitrogens with zero attached hydrogens (tertiary/aromatic N) is 2. The van der Waals surface area contributed by atoms with Gasteiger partial charge in [0.25, 0.3) is 0 Å². The fourth-order valence-corrected chi connectivity index (χ4v) is 4.89. The molecule has 0 aliphatic carbocycles. The standard InChI is InChI=1S/C13H17N3O2S/c1-2-16-12(14)15-9-13(16)7-8-19(17,18)11-6-4-3-5-10(11)13/h3-6H,2,7-9H2,1H3,(H2,14,15). The van der Waals surface area contributed by atoms with Crippen molar-refractivity contribution in [3.05, 3.63) is 29.8 Å². The molecule has 6 heteroatoms. The van der Waals surface area contributed by atoms with Gasteiger partial charge in [-0.1, -0.05) is 18.2 Å². The number of aliphatic imine (C=N–C) groups is 1. The van der Waals surface area contributed by atoms with Crippen molar-refractivity contribution in [1.29, 1.82) is 0 Å². The van der Waals surface area contributed by atoms with Crippen LogP contribution in [-0.2, 0) is 15.4 Å². The van der Waals surface area contributed by atoms with Gasteiger partial charge in [0.2, 0.25) is 0 Å². The summed E-state index contributed by atoms with van der Waals surface area (Å²) in [5, 5.41) is 0. The summed E-state index contributed by atoms with van der Waals surface area (Å²) in [5.74, 6) is 0.667. The minimum atomic E-state index is -3.17. The van der Waals surface area contributed by atoms with Gasteiger partial charge in [-0.05, 0) is 25.0 Å². The molecular weight excluding hydrogens is 262 g/mol. The molecule has 0 radical (unpaired) electrons. The van der Waals surface area contributed by atoms with E-state index in [1.54, 1.807) is 12.1 Å². The SMILES string of the molecule is CCN1C(N)=NCC12CCS(=O)(=O)c1ccccc12. The lowest BCUT2D eigenvalue weighted by molar-refractivity contribution is 0.195. The fourth-order valence-electron chi connectivity index (χ4n) is 3.18. The minimum Gasteiger partial charge on any atom is -0.370 e. The molecule has 1 unspecified atom stereocenters. The normalized spacial score (nSPS) is 28.3. The number of hydrogen-bond acceptors (Lipinski definition) is 5. The number of likely N-dealkylation sites (N-methyl/N-ethyl adjacent to an activating group) is 1. The Hall–Kier alpha value is -1.56. The van der Waals surface area contributed by atoms with Gasteiger partial charge in [-0.25, -0.2) is 8.42 Å². The Kier molecular flexibility index (Phi) is 2.60.